The monoisotopic (exact) mass is 458 g/mol. The van der Waals surface area contributed by atoms with Gasteiger partial charge in [-0.2, -0.15) is 0 Å². The van der Waals surface area contributed by atoms with Gasteiger partial charge in [-0.15, -0.1) is 0 Å². The van der Waals surface area contributed by atoms with Crippen LogP contribution >= 0.6 is 0 Å². The van der Waals surface area contributed by atoms with Crippen molar-refractivity contribution in [3.05, 3.63) is 0 Å². The molecule has 13 heteroatoms. The summed E-state index contributed by atoms with van der Waals surface area (Å²) in [6.07, 6.45) is -0.555. The number of hydrogen-bond acceptors (Lipinski definition) is 9. The van der Waals surface area contributed by atoms with Gasteiger partial charge in [0.2, 0.25) is 0 Å². The van der Waals surface area contributed by atoms with Crippen LogP contribution < -0.4 is 0 Å². The van der Waals surface area contributed by atoms with Gasteiger partial charge in [0.1, 0.15) is 26.4 Å². The van der Waals surface area contributed by atoms with Gasteiger partial charge in [0.05, 0.1) is 24.9 Å². The highest BCUT2D eigenvalue weighted by Crippen LogP contribution is 2.19. The Morgan fingerprint density at radius 3 is 1.48 bits per heavy atom. The minimum atomic E-state index is -1.05. The van der Waals surface area contributed by atoms with Gasteiger partial charge in [-0.1, -0.05) is 13.8 Å². The molecule has 4 N–H and O–H groups in total. The number of aliphatic carboxylic acids is 4. The Kier molecular flexibility index (Phi) is 24.0. The number of carboxylic acids is 4. The minimum Gasteiger partial charge on any atom is -0.480 e. The van der Waals surface area contributed by atoms with Crippen LogP contribution in [0.15, 0.2) is 0 Å². The number of hydrogen-bond donors (Lipinski definition) is 4. The predicted octanol–water partition coefficient (Wildman–Crippen LogP) is 0.196. The maximum Gasteiger partial charge on any atom is 0.329 e. The van der Waals surface area contributed by atoms with E-state index in [1.807, 2.05) is 13.8 Å². The van der Waals surface area contributed by atoms with E-state index in [9.17, 15) is 19.2 Å². The second-order valence-electron chi connectivity index (χ2n) is 5.50. The quantitative estimate of drug-likeness (QED) is 0.347. The standard InChI is InChI=1S/C10H16O7.2C3H6O3.C2H6/c1-6-8(17-5-10(13)14)2-7(3-15-6)16-4-9(11)12;2*1-6-2-3(4)5;1-2/h6-8H,2-5H2,1H3,(H,11,12)(H,13,14);2*2H2,1H3,(H,4,5);1-2H3/t6-,7+,8?;;;/m0.../s1. The van der Waals surface area contributed by atoms with Crippen molar-refractivity contribution in [2.24, 2.45) is 0 Å². The highest BCUT2D eigenvalue weighted by Gasteiger charge is 2.30. The van der Waals surface area contributed by atoms with Crippen LogP contribution in [0.3, 0.4) is 0 Å². The van der Waals surface area contributed by atoms with E-state index in [1.54, 1.807) is 6.92 Å². The van der Waals surface area contributed by atoms with Crippen LogP contribution in [0.4, 0.5) is 0 Å². The Bertz CT molecular complexity index is 479. The second-order valence-corrected chi connectivity index (χ2v) is 5.50. The molecule has 0 aromatic carbocycles. The SMILES string of the molecule is CC.COCC(=O)O.COCC(=O)O.C[C@@H]1OC[C@H](OCC(=O)O)CC1OCC(=O)O. The van der Waals surface area contributed by atoms with E-state index in [-0.39, 0.29) is 25.4 Å². The minimum absolute atomic E-state index is 0.208. The van der Waals surface area contributed by atoms with Crippen LogP contribution in [0, 0.1) is 0 Å². The maximum absolute atomic E-state index is 10.4. The molecule has 1 aliphatic rings. The zero-order chi connectivity index (χ0) is 24.8. The van der Waals surface area contributed by atoms with Crippen molar-refractivity contribution in [3.8, 4) is 0 Å². The van der Waals surface area contributed by atoms with E-state index >= 15 is 0 Å². The van der Waals surface area contributed by atoms with Crippen molar-refractivity contribution in [1.29, 1.82) is 0 Å². The molecular weight excluding hydrogens is 424 g/mol. The smallest absolute Gasteiger partial charge is 0.329 e. The third kappa shape index (κ3) is 25.6. The van der Waals surface area contributed by atoms with Crippen LogP contribution in [0.2, 0.25) is 0 Å². The molecule has 0 amide bonds. The second kappa shape index (κ2) is 22.4. The first kappa shape index (κ1) is 33.3. The Morgan fingerprint density at radius 1 is 0.774 bits per heavy atom. The molecule has 0 bridgehead atoms. The summed E-state index contributed by atoms with van der Waals surface area (Å²) in [6.45, 7) is 4.86. The summed E-state index contributed by atoms with van der Waals surface area (Å²) >= 11 is 0. The first-order valence-corrected chi connectivity index (χ1v) is 9.23. The fraction of sp³-hybridized carbons (Fsp3) is 0.778. The number of rotatable bonds is 10. The van der Waals surface area contributed by atoms with Crippen molar-refractivity contribution >= 4 is 23.9 Å². The van der Waals surface area contributed by atoms with Gasteiger partial charge < -0.3 is 44.1 Å². The molecule has 184 valence electrons. The van der Waals surface area contributed by atoms with Crippen molar-refractivity contribution in [2.45, 2.75) is 45.5 Å². The molecule has 13 nitrogen and oxygen atoms in total. The molecule has 0 aliphatic carbocycles. The Hall–Kier alpha value is -2.32. The van der Waals surface area contributed by atoms with E-state index in [1.165, 1.54) is 14.2 Å². The molecule has 0 aromatic heterocycles. The van der Waals surface area contributed by atoms with Gasteiger partial charge in [0.25, 0.3) is 0 Å². The zero-order valence-electron chi connectivity index (χ0n) is 18.4. The third-order valence-corrected chi connectivity index (χ3v) is 2.96. The van der Waals surface area contributed by atoms with Gasteiger partial charge in [-0.05, 0) is 6.92 Å². The highest BCUT2D eigenvalue weighted by molar-refractivity contribution is 5.68. The van der Waals surface area contributed by atoms with E-state index in [0.29, 0.717) is 13.0 Å². The summed E-state index contributed by atoms with van der Waals surface area (Å²) < 4.78 is 24.0. The molecule has 1 fully saturated rings. The summed E-state index contributed by atoms with van der Waals surface area (Å²) in [4.78, 5) is 39.6. The molecule has 0 aromatic rings. The zero-order valence-corrected chi connectivity index (χ0v) is 18.4. The fourth-order valence-electron chi connectivity index (χ4n) is 1.82. The molecule has 31 heavy (non-hydrogen) atoms. The van der Waals surface area contributed by atoms with Gasteiger partial charge >= 0.3 is 23.9 Å². The molecule has 1 rings (SSSR count). The predicted molar refractivity (Wildman–Crippen MR) is 105 cm³/mol. The van der Waals surface area contributed by atoms with Crippen molar-refractivity contribution in [1.82, 2.24) is 0 Å². The van der Waals surface area contributed by atoms with E-state index < -0.39 is 43.2 Å². The lowest BCUT2D eigenvalue weighted by molar-refractivity contribution is -0.172. The highest BCUT2D eigenvalue weighted by atomic mass is 16.6. The van der Waals surface area contributed by atoms with Gasteiger partial charge in [0, 0.05) is 20.6 Å². The molecule has 0 saturated carbocycles. The third-order valence-electron chi connectivity index (χ3n) is 2.96. The molecule has 1 saturated heterocycles. The summed E-state index contributed by atoms with van der Waals surface area (Å²) in [6, 6.07) is 0. The topological polar surface area (TPSA) is 195 Å². The number of methoxy groups -OCH3 is 2. The van der Waals surface area contributed by atoms with E-state index in [4.69, 9.17) is 34.6 Å². The van der Waals surface area contributed by atoms with Crippen molar-refractivity contribution in [3.63, 3.8) is 0 Å². The van der Waals surface area contributed by atoms with Crippen LogP contribution in [-0.4, -0.2) is 110 Å². The van der Waals surface area contributed by atoms with Crippen LogP contribution in [0.1, 0.15) is 27.2 Å². The number of ether oxygens (including phenoxy) is 5. The summed E-state index contributed by atoms with van der Waals surface area (Å²) in [5, 5.41) is 32.5. The first-order chi connectivity index (χ1) is 14.5. The molecular formula is C18H34O13. The van der Waals surface area contributed by atoms with Crippen LogP contribution in [0.25, 0.3) is 0 Å². The van der Waals surface area contributed by atoms with Gasteiger partial charge in [-0.3, -0.25) is 0 Å². The Balaban J connectivity index is -0.000000462. The molecule has 3 atom stereocenters. The number of carbonyl (C=O) groups is 4. The summed E-state index contributed by atoms with van der Waals surface area (Å²) in [7, 11) is 2.68. The number of carboxylic acid groups (broad SMARTS) is 4. The molecule has 0 radical (unpaired) electrons. The fourth-order valence-corrected chi connectivity index (χ4v) is 1.82. The van der Waals surface area contributed by atoms with E-state index in [2.05, 4.69) is 9.47 Å². The Labute approximate surface area is 180 Å². The molecule has 1 unspecified atom stereocenters. The molecule has 1 aliphatic heterocycles. The average molecular weight is 458 g/mol. The first-order valence-electron chi connectivity index (χ1n) is 9.23. The van der Waals surface area contributed by atoms with Gasteiger partial charge in [0.15, 0.2) is 0 Å². The maximum atomic E-state index is 10.4. The van der Waals surface area contributed by atoms with Crippen LogP contribution in [-0.2, 0) is 42.9 Å². The normalized spacial score (nSPS) is 19.2. The lowest BCUT2D eigenvalue weighted by Gasteiger charge is -2.33. The van der Waals surface area contributed by atoms with Crippen molar-refractivity contribution < 1.29 is 63.3 Å². The van der Waals surface area contributed by atoms with Crippen LogP contribution in [0.5, 0.6) is 0 Å². The molecule has 1 heterocycles. The van der Waals surface area contributed by atoms with E-state index in [0.717, 1.165) is 0 Å². The lowest BCUT2D eigenvalue weighted by Crippen LogP contribution is -2.43. The van der Waals surface area contributed by atoms with Crippen molar-refractivity contribution in [2.75, 3.05) is 47.3 Å². The Morgan fingerprint density at radius 2 is 1.16 bits per heavy atom. The summed E-state index contributed by atoms with van der Waals surface area (Å²) in [5.74, 6) is -3.97. The summed E-state index contributed by atoms with van der Waals surface area (Å²) in [5.41, 5.74) is 0. The largest absolute Gasteiger partial charge is 0.480 e. The molecule has 0 spiro atoms. The lowest BCUT2D eigenvalue weighted by atomic mass is 10.0. The van der Waals surface area contributed by atoms with Gasteiger partial charge in [-0.25, -0.2) is 19.2 Å². The average Bonchev–Trinajstić information content (AvgIpc) is 2.68.